The van der Waals surface area contributed by atoms with E-state index in [0.717, 1.165) is 6.07 Å². The maximum atomic E-state index is 12.1. The summed E-state index contributed by atoms with van der Waals surface area (Å²) in [7, 11) is 0. The lowest BCUT2D eigenvalue weighted by Crippen LogP contribution is -2.01. The van der Waals surface area contributed by atoms with Crippen LogP contribution < -0.4 is 5.73 Å². The Balaban J connectivity index is 3.32. The van der Waals surface area contributed by atoms with Crippen molar-refractivity contribution in [1.29, 1.82) is 0 Å². The van der Waals surface area contributed by atoms with Crippen molar-refractivity contribution in [2.24, 2.45) is 0 Å². The third kappa shape index (κ3) is 1.87. The van der Waals surface area contributed by atoms with Crippen LogP contribution in [0.1, 0.15) is 12.1 Å². The molecule has 76 valence electrons. The number of alkyl halides is 2. The first kappa shape index (κ1) is 10.6. The molecule has 0 aliphatic rings. The lowest BCUT2D eigenvalue weighted by molar-refractivity contribution is -0.384. The van der Waals surface area contributed by atoms with Crippen LogP contribution in [0.4, 0.5) is 20.2 Å². The third-order valence-corrected chi connectivity index (χ3v) is 1.67. The lowest BCUT2D eigenvalue weighted by atomic mass is 10.3. The Hall–Kier alpha value is -1.50. The Labute approximate surface area is 81.6 Å². The summed E-state index contributed by atoms with van der Waals surface area (Å²) in [5.41, 5.74) is 3.40. The van der Waals surface area contributed by atoms with Gasteiger partial charge >= 0.3 is 5.69 Å². The molecule has 0 fully saturated rings. The molecule has 1 aromatic rings. The van der Waals surface area contributed by atoms with Crippen LogP contribution in [0.15, 0.2) is 6.07 Å². The van der Waals surface area contributed by atoms with Gasteiger partial charge in [-0.3, -0.25) is 10.1 Å². The highest BCUT2D eigenvalue weighted by atomic mass is 35.5. The van der Waals surface area contributed by atoms with Crippen LogP contribution in [0, 0.1) is 10.1 Å². The molecule has 0 amide bonds. The molecule has 0 bridgehead atoms. The van der Waals surface area contributed by atoms with Gasteiger partial charge in [-0.05, 0) is 6.07 Å². The number of nitrogens with zero attached hydrogens (tertiary/aromatic N) is 2. The fraction of sp³-hybridized carbons (Fsp3) is 0.167. The average molecular weight is 224 g/mol. The maximum Gasteiger partial charge on any atom is 0.329 e. The van der Waals surface area contributed by atoms with E-state index in [1.54, 1.807) is 0 Å². The number of pyridine rings is 1. The number of hydrogen-bond donors (Lipinski definition) is 1. The molecule has 0 aromatic carbocycles. The third-order valence-electron chi connectivity index (χ3n) is 1.41. The second-order valence-corrected chi connectivity index (χ2v) is 2.69. The van der Waals surface area contributed by atoms with E-state index in [2.05, 4.69) is 4.98 Å². The highest BCUT2D eigenvalue weighted by molar-refractivity contribution is 6.32. The van der Waals surface area contributed by atoms with Crippen molar-refractivity contribution in [1.82, 2.24) is 4.98 Å². The second-order valence-electron chi connectivity index (χ2n) is 2.33. The van der Waals surface area contributed by atoms with Gasteiger partial charge in [0.05, 0.1) is 4.92 Å². The van der Waals surface area contributed by atoms with E-state index in [9.17, 15) is 18.9 Å². The molecule has 0 saturated carbocycles. The molecule has 0 saturated heterocycles. The molecular formula is C6H4ClF2N3O2. The number of rotatable bonds is 2. The Kier molecular flexibility index (Phi) is 2.80. The summed E-state index contributed by atoms with van der Waals surface area (Å²) in [6, 6.07) is 0.731. The summed E-state index contributed by atoms with van der Waals surface area (Å²) < 4.78 is 24.2. The SMILES string of the molecule is Nc1cc(C(F)F)nc(Cl)c1[N+](=O)[O-]. The summed E-state index contributed by atoms with van der Waals surface area (Å²) in [6.07, 6.45) is -2.87. The molecule has 2 N–H and O–H groups in total. The van der Waals surface area contributed by atoms with Crippen LogP contribution in [0.5, 0.6) is 0 Å². The topological polar surface area (TPSA) is 82.0 Å². The molecule has 0 aliphatic heterocycles. The zero-order valence-corrected chi connectivity index (χ0v) is 7.33. The number of anilines is 1. The van der Waals surface area contributed by atoms with E-state index in [-0.39, 0.29) is 0 Å². The molecule has 8 heteroatoms. The van der Waals surface area contributed by atoms with E-state index in [0.29, 0.717) is 0 Å². The largest absolute Gasteiger partial charge is 0.393 e. The molecule has 0 radical (unpaired) electrons. The predicted octanol–water partition coefficient (Wildman–Crippen LogP) is 2.16. The zero-order chi connectivity index (χ0) is 10.9. The molecule has 0 spiro atoms. The predicted molar refractivity (Wildman–Crippen MR) is 45.3 cm³/mol. The molecule has 0 unspecified atom stereocenters. The zero-order valence-electron chi connectivity index (χ0n) is 6.58. The number of aromatic nitrogens is 1. The van der Waals surface area contributed by atoms with Crippen molar-refractivity contribution in [2.75, 3.05) is 5.73 Å². The highest BCUT2D eigenvalue weighted by Gasteiger charge is 2.22. The molecular weight excluding hydrogens is 220 g/mol. The average Bonchev–Trinajstić information content (AvgIpc) is 2.01. The minimum atomic E-state index is -2.87. The Bertz CT molecular complexity index is 362. The van der Waals surface area contributed by atoms with Crippen LogP contribution in [0.2, 0.25) is 5.15 Å². The molecule has 1 aromatic heterocycles. The fourth-order valence-electron chi connectivity index (χ4n) is 0.838. The van der Waals surface area contributed by atoms with Crippen LogP contribution in [-0.4, -0.2) is 9.91 Å². The van der Waals surface area contributed by atoms with Crippen molar-refractivity contribution < 1.29 is 13.7 Å². The van der Waals surface area contributed by atoms with Gasteiger partial charge in [-0.1, -0.05) is 11.6 Å². The van der Waals surface area contributed by atoms with Crippen molar-refractivity contribution in [3.05, 3.63) is 27.0 Å². The number of nitro groups is 1. The molecule has 5 nitrogen and oxygen atoms in total. The van der Waals surface area contributed by atoms with Crippen molar-refractivity contribution in [3.63, 3.8) is 0 Å². The van der Waals surface area contributed by atoms with Gasteiger partial charge < -0.3 is 5.73 Å². The summed E-state index contributed by atoms with van der Waals surface area (Å²) in [5.74, 6) is 0. The van der Waals surface area contributed by atoms with Crippen LogP contribution in [0.3, 0.4) is 0 Å². The lowest BCUT2D eigenvalue weighted by Gasteiger charge is -2.02. The Morgan fingerprint density at radius 1 is 1.64 bits per heavy atom. The second kappa shape index (κ2) is 3.70. The summed E-state index contributed by atoms with van der Waals surface area (Å²) >= 11 is 5.31. The standard InChI is InChI=1S/C6H4ClF2N3O2/c7-5-4(12(13)14)2(10)1-3(11-5)6(8)9/h1,6H,(H2,10,11). The minimum absolute atomic E-state index is 0.426. The van der Waals surface area contributed by atoms with Gasteiger partial charge in [0.15, 0.2) is 0 Å². The number of hydrogen-bond acceptors (Lipinski definition) is 4. The van der Waals surface area contributed by atoms with Crippen LogP contribution >= 0.6 is 11.6 Å². The smallest absolute Gasteiger partial charge is 0.329 e. The number of nitrogen functional groups attached to an aromatic ring is 1. The molecule has 1 rings (SSSR count). The van der Waals surface area contributed by atoms with Gasteiger partial charge in [-0.2, -0.15) is 0 Å². The van der Waals surface area contributed by atoms with Crippen molar-refractivity contribution >= 4 is 23.0 Å². The Morgan fingerprint density at radius 2 is 2.21 bits per heavy atom. The van der Waals surface area contributed by atoms with Gasteiger partial charge in [0, 0.05) is 0 Å². The van der Waals surface area contributed by atoms with Gasteiger partial charge in [-0.25, -0.2) is 13.8 Å². The quantitative estimate of drug-likeness (QED) is 0.473. The molecule has 1 heterocycles. The van der Waals surface area contributed by atoms with E-state index in [1.165, 1.54) is 0 Å². The van der Waals surface area contributed by atoms with Crippen molar-refractivity contribution in [3.8, 4) is 0 Å². The van der Waals surface area contributed by atoms with Crippen molar-refractivity contribution in [2.45, 2.75) is 6.43 Å². The van der Waals surface area contributed by atoms with E-state index in [1.807, 2.05) is 0 Å². The molecule has 0 aliphatic carbocycles. The molecule has 0 atom stereocenters. The maximum absolute atomic E-state index is 12.1. The van der Waals surface area contributed by atoms with E-state index < -0.39 is 33.6 Å². The first-order valence-electron chi connectivity index (χ1n) is 3.32. The highest BCUT2D eigenvalue weighted by Crippen LogP contribution is 2.32. The summed E-state index contributed by atoms with van der Waals surface area (Å²) in [5, 5.41) is 9.70. The van der Waals surface area contributed by atoms with Gasteiger partial charge in [-0.15, -0.1) is 0 Å². The van der Waals surface area contributed by atoms with Gasteiger partial charge in [0.1, 0.15) is 11.4 Å². The fourth-order valence-corrected chi connectivity index (χ4v) is 1.11. The monoisotopic (exact) mass is 223 g/mol. The minimum Gasteiger partial charge on any atom is -0.393 e. The van der Waals surface area contributed by atoms with Gasteiger partial charge in [0.2, 0.25) is 5.15 Å². The van der Waals surface area contributed by atoms with E-state index >= 15 is 0 Å². The number of nitrogens with two attached hydrogens (primary N) is 1. The summed E-state index contributed by atoms with van der Waals surface area (Å²) in [6.45, 7) is 0. The normalized spacial score (nSPS) is 10.6. The molecule has 14 heavy (non-hydrogen) atoms. The van der Waals surface area contributed by atoms with Crippen LogP contribution in [-0.2, 0) is 0 Å². The van der Waals surface area contributed by atoms with Crippen LogP contribution in [0.25, 0.3) is 0 Å². The first-order valence-corrected chi connectivity index (χ1v) is 3.69. The van der Waals surface area contributed by atoms with E-state index in [4.69, 9.17) is 17.3 Å². The summed E-state index contributed by atoms with van der Waals surface area (Å²) in [4.78, 5) is 12.6. The first-order chi connectivity index (χ1) is 6.43. The number of halogens is 3. The van der Waals surface area contributed by atoms with Gasteiger partial charge in [0.25, 0.3) is 6.43 Å². The Morgan fingerprint density at radius 3 is 2.57 bits per heavy atom.